The quantitative estimate of drug-likeness (QED) is 0.682. The molecule has 0 atom stereocenters. The van der Waals surface area contributed by atoms with Crippen molar-refractivity contribution >= 4 is 10.0 Å². The minimum absolute atomic E-state index is 0.0441. The lowest BCUT2D eigenvalue weighted by Crippen LogP contribution is -2.27. The molecule has 0 aliphatic carbocycles. The van der Waals surface area contributed by atoms with E-state index in [0.717, 1.165) is 0 Å². The van der Waals surface area contributed by atoms with Crippen molar-refractivity contribution < 1.29 is 21.7 Å². The van der Waals surface area contributed by atoms with Crippen molar-refractivity contribution in [1.82, 2.24) is 14.9 Å². The second-order valence-electron chi connectivity index (χ2n) is 5.52. The molecular formula is C17H15F2N3O3S. The molecule has 0 aliphatic rings. The van der Waals surface area contributed by atoms with Gasteiger partial charge in [-0.2, -0.15) is 4.98 Å². The number of benzene rings is 2. The third-order valence-corrected chi connectivity index (χ3v) is 4.87. The molecule has 2 aromatic carbocycles. The van der Waals surface area contributed by atoms with Gasteiger partial charge in [-0.05, 0) is 29.8 Å². The maximum atomic E-state index is 13.7. The van der Waals surface area contributed by atoms with E-state index in [4.69, 9.17) is 4.52 Å². The molecule has 136 valence electrons. The maximum absolute atomic E-state index is 13.7. The number of rotatable bonds is 7. The third-order valence-electron chi connectivity index (χ3n) is 3.51. The fourth-order valence-corrected chi connectivity index (χ4v) is 3.42. The Morgan fingerprint density at radius 2 is 1.77 bits per heavy atom. The molecule has 3 aromatic rings. The van der Waals surface area contributed by atoms with Gasteiger partial charge >= 0.3 is 0 Å². The van der Waals surface area contributed by atoms with Gasteiger partial charge in [0.15, 0.2) is 0 Å². The lowest BCUT2D eigenvalue weighted by Gasteiger charge is -2.05. The Labute approximate surface area is 148 Å². The van der Waals surface area contributed by atoms with E-state index in [0.29, 0.717) is 5.56 Å². The van der Waals surface area contributed by atoms with Gasteiger partial charge in [0.2, 0.25) is 21.7 Å². The minimum Gasteiger partial charge on any atom is -0.339 e. The van der Waals surface area contributed by atoms with Gasteiger partial charge < -0.3 is 4.52 Å². The zero-order valence-electron chi connectivity index (χ0n) is 13.5. The van der Waals surface area contributed by atoms with E-state index in [1.165, 1.54) is 36.4 Å². The first-order valence-corrected chi connectivity index (χ1v) is 9.37. The van der Waals surface area contributed by atoms with Gasteiger partial charge in [-0.3, -0.25) is 0 Å². The Hall–Kier alpha value is -2.65. The summed E-state index contributed by atoms with van der Waals surface area (Å²) in [5.41, 5.74) is 0.679. The molecule has 0 radical (unpaired) electrons. The summed E-state index contributed by atoms with van der Waals surface area (Å²) < 4.78 is 58.0. The molecule has 1 aromatic heterocycles. The average Bonchev–Trinajstić information content (AvgIpc) is 3.05. The van der Waals surface area contributed by atoms with Crippen LogP contribution >= 0.6 is 0 Å². The molecule has 1 heterocycles. The fourth-order valence-electron chi connectivity index (χ4n) is 2.27. The molecule has 0 fully saturated rings. The summed E-state index contributed by atoms with van der Waals surface area (Å²) in [7, 11) is -3.59. The summed E-state index contributed by atoms with van der Waals surface area (Å²) >= 11 is 0. The van der Waals surface area contributed by atoms with E-state index >= 15 is 0 Å². The highest BCUT2D eigenvalue weighted by Crippen LogP contribution is 2.19. The molecule has 9 heteroatoms. The normalized spacial score (nSPS) is 11.6. The molecule has 6 nitrogen and oxygen atoms in total. The Morgan fingerprint density at radius 3 is 2.50 bits per heavy atom. The van der Waals surface area contributed by atoms with Crippen LogP contribution in [0.3, 0.4) is 0 Å². The molecule has 3 rings (SSSR count). The molecule has 0 saturated carbocycles. The van der Waals surface area contributed by atoms with Gasteiger partial charge in [-0.15, -0.1) is 0 Å². The van der Waals surface area contributed by atoms with Crippen LogP contribution in [0.1, 0.15) is 11.5 Å². The van der Waals surface area contributed by atoms with Crippen molar-refractivity contribution in [1.29, 1.82) is 0 Å². The summed E-state index contributed by atoms with van der Waals surface area (Å²) in [6, 6.07) is 11.2. The predicted molar refractivity (Wildman–Crippen MR) is 90.4 cm³/mol. The highest BCUT2D eigenvalue weighted by molar-refractivity contribution is 7.88. The average molecular weight is 379 g/mol. The number of halogens is 2. The Kier molecular flexibility index (Phi) is 5.38. The third kappa shape index (κ3) is 4.70. The minimum atomic E-state index is -3.59. The Balaban J connectivity index is 1.56. The van der Waals surface area contributed by atoms with E-state index in [1.807, 2.05) is 0 Å². The molecule has 1 N–H and O–H groups in total. The van der Waals surface area contributed by atoms with Crippen LogP contribution in [0.5, 0.6) is 0 Å². The summed E-state index contributed by atoms with van der Waals surface area (Å²) in [5.74, 6) is -0.876. The Bertz CT molecular complexity index is 988. The van der Waals surface area contributed by atoms with Gasteiger partial charge in [-0.25, -0.2) is 21.9 Å². The van der Waals surface area contributed by atoms with Crippen molar-refractivity contribution in [2.75, 3.05) is 6.54 Å². The summed E-state index contributed by atoms with van der Waals surface area (Å²) in [5, 5.41) is 3.70. The van der Waals surface area contributed by atoms with Crippen LogP contribution in [0.4, 0.5) is 8.78 Å². The highest BCUT2D eigenvalue weighted by Gasteiger charge is 2.14. The van der Waals surface area contributed by atoms with E-state index in [-0.39, 0.29) is 36.0 Å². The highest BCUT2D eigenvalue weighted by atomic mass is 32.2. The van der Waals surface area contributed by atoms with Gasteiger partial charge in [0.1, 0.15) is 11.6 Å². The van der Waals surface area contributed by atoms with Gasteiger partial charge in [0.25, 0.3) is 0 Å². The number of sulfonamides is 1. The zero-order chi connectivity index (χ0) is 18.6. The standard InChI is InChI=1S/C17H15F2N3O3S/c18-13-7-5-12(6-8-13)11-26(23,24)20-10-9-16-21-17(22-25-16)14-3-1-2-4-15(14)19/h1-8,20H,9-11H2. The molecule has 26 heavy (non-hydrogen) atoms. The van der Waals surface area contributed by atoms with Crippen LogP contribution in [0.15, 0.2) is 53.1 Å². The van der Waals surface area contributed by atoms with Crippen molar-refractivity contribution in [2.24, 2.45) is 0 Å². The van der Waals surface area contributed by atoms with E-state index < -0.39 is 21.7 Å². The molecule has 0 spiro atoms. The largest absolute Gasteiger partial charge is 0.339 e. The SMILES string of the molecule is O=S(=O)(Cc1ccc(F)cc1)NCCc1nc(-c2ccccc2F)no1. The first-order valence-electron chi connectivity index (χ1n) is 7.72. The van der Waals surface area contributed by atoms with Crippen LogP contribution in [0, 0.1) is 11.6 Å². The molecular weight excluding hydrogens is 364 g/mol. The first-order chi connectivity index (χ1) is 12.4. The van der Waals surface area contributed by atoms with Crippen molar-refractivity contribution in [2.45, 2.75) is 12.2 Å². The number of hydrogen-bond acceptors (Lipinski definition) is 5. The van der Waals surface area contributed by atoms with E-state index in [1.54, 1.807) is 12.1 Å². The lowest BCUT2D eigenvalue weighted by molar-refractivity contribution is 0.378. The van der Waals surface area contributed by atoms with Crippen molar-refractivity contribution in [3.8, 4) is 11.4 Å². The molecule has 0 saturated heterocycles. The second-order valence-corrected chi connectivity index (χ2v) is 7.33. The summed E-state index contributed by atoms with van der Waals surface area (Å²) in [6.45, 7) is 0.0441. The number of hydrogen-bond donors (Lipinski definition) is 1. The monoisotopic (exact) mass is 379 g/mol. The maximum Gasteiger partial charge on any atom is 0.228 e. The second kappa shape index (κ2) is 7.71. The molecule has 0 bridgehead atoms. The smallest absolute Gasteiger partial charge is 0.228 e. The van der Waals surface area contributed by atoms with E-state index in [9.17, 15) is 17.2 Å². The van der Waals surface area contributed by atoms with Gasteiger partial charge in [0, 0.05) is 13.0 Å². The molecule has 0 amide bonds. The lowest BCUT2D eigenvalue weighted by atomic mass is 10.2. The van der Waals surface area contributed by atoms with Gasteiger partial charge in [0.05, 0.1) is 11.3 Å². The topological polar surface area (TPSA) is 85.1 Å². The van der Waals surface area contributed by atoms with Crippen LogP contribution in [0.2, 0.25) is 0 Å². The number of nitrogens with one attached hydrogen (secondary N) is 1. The summed E-state index contributed by atoms with van der Waals surface area (Å²) in [6.07, 6.45) is 0.157. The van der Waals surface area contributed by atoms with E-state index in [2.05, 4.69) is 14.9 Å². The fraction of sp³-hybridized carbons (Fsp3) is 0.176. The van der Waals surface area contributed by atoms with Crippen molar-refractivity contribution in [3.05, 3.63) is 71.6 Å². The first kappa shape index (κ1) is 18.2. The van der Waals surface area contributed by atoms with Gasteiger partial charge in [-0.1, -0.05) is 29.4 Å². The van der Waals surface area contributed by atoms with Crippen LogP contribution < -0.4 is 4.72 Å². The molecule has 0 aliphatic heterocycles. The van der Waals surface area contributed by atoms with Crippen molar-refractivity contribution in [3.63, 3.8) is 0 Å². The van der Waals surface area contributed by atoms with Crippen LogP contribution in [-0.4, -0.2) is 25.1 Å². The Morgan fingerprint density at radius 1 is 1.04 bits per heavy atom. The summed E-state index contributed by atoms with van der Waals surface area (Å²) in [4.78, 5) is 4.06. The van der Waals surface area contributed by atoms with Crippen LogP contribution in [0.25, 0.3) is 11.4 Å². The predicted octanol–water partition coefficient (Wildman–Crippen LogP) is 2.68. The zero-order valence-corrected chi connectivity index (χ0v) is 14.3. The number of aromatic nitrogens is 2. The number of nitrogens with zero attached hydrogens (tertiary/aromatic N) is 2. The molecule has 0 unspecified atom stereocenters. The van der Waals surface area contributed by atoms with Crippen LogP contribution in [-0.2, 0) is 22.2 Å².